The van der Waals surface area contributed by atoms with Crippen molar-refractivity contribution in [2.24, 2.45) is 0 Å². The first kappa shape index (κ1) is 20.0. The van der Waals surface area contributed by atoms with Crippen LogP contribution >= 0.6 is 11.6 Å². The van der Waals surface area contributed by atoms with Gasteiger partial charge in [0.15, 0.2) is 0 Å². The predicted molar refractivity (Wildman–Crippen MR) is 101 cm³/mol. The third-order valence-electron chi connectivity index (χ3n) is 4.24. The normalized spacial score (nSPS) is 16.8. The lowest BCUT2D eigenvalue weighted by atomic mass is 10.2. The molecule has 2 heterocycles. The molecule has 2 amide bonds. The zero-order valence-electron chi connectivity index (χ0n) is 14.8. The van der Waals surface area contributed by atoms with E-state index in [4.69, 9.17) is 11.6 Å². The molecular weight excluding hydrogens is 397 g/mol. The molecule has 0 bridgehead atoms. The van der Waals surface area contributed by atoms with E-state index in [9.17, 15) is 18.0 Å². The molecule has 0 radical (unpaired) electrons. The van der Waals surface area contributed by atoms with Gasteiger partial charge >= 0.3 is 12.2 Å². The highest BCUT2D eigenvalue weighted by molar-refractivity contribution is 6.31. The molecule has 3 rings (SSSR count). The number of alkyl halides is 3. The summed E-state index contributed by atoms with van der Waals surface area (Å²) in [6.07, 6.45) is -2.28. The minimum Gasteiger partial charge on any atom is -0.357 e. The molecule has 0 saturated carbocycles. The summed E-state index contributed by atoms with van der Waals surface area (Å²) in [5, 5.41) is 7.62. The maximum Gasteiger partial charge on any atom is 0.417 e. The van der Waals surface area contributed by atoms with E-state index in [1.807, 2.05) is 4.90 Å². The molecule has 11 heteroatoms. The molecule has 1 atom stereocenters. The van der Waals surface area contributed by atoms with Crippen LogP contribution in [0.5, 0.6) is 0 Å². The van der Waals surface area contributed by atoms with E-state index < -0.39 is 22.8 Å². The Morgan fingerprint density at radius 2 is 2.11 bits per heavy atom. The second-order valence-electron chi connectivity index (χ2n) is 6.21. The number of halogens is 4. The highest BCUT2D eigenvalue weighted by atomic mass is 35.5. The van der Waals surface area contributed by atoms with E-state index in [1.54, 1.807) is 19.3 Å². The van der Waals surface area contributed by atoms with Crippen LogP contribution in [0.25, 0.3) is 0 Å². The van der Waals surface area contributed by atoms with E-state index in [1.165, 1.54) is 6.07 Å². The Morgan fingerprint density at radius 3 is 2.82 bits per heavy atom. The first-order valence-corrected chi connectivity index (χ1v) is 8.84. The van der Waals surface area contributed by atoms with Crippen LogP contribution in [0.3, 0.4) is 0 Å². The number of hydrogen-bond donors (Lipinski definition) is 3. The fourth-order valence-corrected chi connectivity index (χ4v) is 3.13. The van der Waals surface area contributed by atoms with Crippen molar-refractivity contribution >= 4 is 35.1 Å². The minimum absolute atomic E-state index is 0.0125. The van der Waals surface area contributed by atoms with Crippen LogP contribution in [0.2, 0.25) is 5.02 Å². The molecule has 1 aromatic heterocycles. The fraction of sp³-hybridized carbons (Fsp3) is 0.353. The van der Waals surface area contributed by atoms with Crippen molar-refractivity contribution < 1.29 is 18.0 Å². The molecular formula is C17H18ClF3N6O. The van der Waals surface area contributed by atoms with E-state index in [0.717, 1.165) is 18.0 Å². The summed E-state index contributed by atoms with van der Waals surface area (Å²) in [6.45, 7) is 1.21. The summed E-state index contributed by atoms with van der Waals surface area (Å²) in [7, 11) is 1.72. The van der Waals surface area contributed by atoms with Crippen molar-refractivity contribution in [2.75, 3.05) is 35.7 Å². The van der Waals surface area contributed by atoms with Crippen molar-refractivity contribution in [1.82, 2.24) is 15.3 Å². The van der Waals surface area contributed by atoms with Gasteiger partial charge in [-0.1, -0.05) is 11.6 Å². The average molecular weight is 415 g/mol. The number of rotatable bonds is 4. The number of urea groups is 1. The van der Waals surface area contributed by atoms with Gasteiger partial charge in [0, 0.05) is 38.1 Å². The summed E-state index contributed by atoms with van der Waals surface area (Å²) in [5.74, 6) is 1.23. The number of benzene rings is 1. The van der Waals surface area contributed by atoms with Gasteiger partial charge in [0.05, 0.1) is 10.6 Å². The van der Waals surface area contributed by atoms with E-state index >= 15 is 0 Å². The number of nitrogens with one attached hydrogen (secondary N) is 3. The standard InChI is InChI=1S/C17H18ClF3N6O/c1-22-15-23-6-4-14(26-15)27-7-5-11(9-27)25-16(28)24-10-2-3-13(18)12(8-10)17(19,20)21/h2-4,6,8,11H,5,7,9H2,1H3,(H,22,23,26)(H2,24,25,28)/t11-/m1/s1. The van der Waals surface area contributed by atoms with Crippen LogP contribution in [0.4, 0.5) is 35.4 Å². The highest BCUT2D eigenvalue weighted by Gasteiger charge is 2.33. The topological polar surface area (TPSA) is 82.2 Å². The highest BCUT2D eigenvalue weighted by Crippen LogP contribution is 2.36. The maximum atomic E-state index is 12.9. The van der Waals surface area contributed by atoms with Gasteiger partial charge in [0.25, 0.3) is 0 Å². The SMILES string of the molecule is CNc1nccc(N2CC[C@@H](NC(=O)Nc3ccc(Cl)c(C(F)(F)F)c3)C2)n1. The molecule has 1 aromatic carbocycles. The van der Waals surface area contributed by atoms with Crippen LogP contribution in [0.1, 0.15) is 12.0 Å². The van der Waals surface area contributed by atoms with Crippen LogP contribution in [-0.2, 0) is 6.18 Å². The third kappa shape index (κ3) is 4.75. The molecule has 1 fully saturated rings. The fourth-order valence-electron chi connectivity index (χ4n) is 2.90. The number of carbonyl (C=O) groups is 1. The summed E-state index contributed by atoms with van der Waals surface area (Å²) in [5.41, 5.74) is -0.985. The molecule has 1 saturated heterocycles. The Kier molecular flexibility index (Phi) is 5.78. The molecule has 7 nitrogen and oxygen atoms in total. The molecule has 0 unspecified atom stereocenters. The predicted octanol–water partition coefficient (Wildman–Crippen LogP) is 3.59. The van der Waals surface area contributed by atoms with Crippen molar-refractivity contribution in [1.29, 1.82) is 0 Å². The lowest BCUT2D eigenvalue weighted by Crippen LogP contribution is -2.39. The van der Waals surface area contributed by atoms with Crippen LogP contribution < -0.4 is 20.9 Å². The van der Waals surface area contributed by atoms with Gasteiger partial charge in [-0.2, -0.15) is 18.2 Å². The Balaban J connectivity index is 1.59. The van der Waals surface area contributed by atoms with Crippen molar-refractivity contribution in [3.8, 4) is 0 Å². The smallest absolute Gasteiger partial charge is 0.357 e. The van der Waals surface area contributed by atoms with Gasteiger partial charge in [-0.15, -0.1) is 0 Å². The molecule has 0 aliphatic carbocycles. The van der Waals surface area contributed by atoms with Crippen LogP contribution in [-0.4, -0.2) is 42.2 Å². The first-order chi connectivity index (χ1) is 13.3. The Labute approximate surface area is 164 Å². The Morgan fingerprint density at radius 1 is 1.32 bits per heavy atom. The maximum absolute atomic E-state index is 12.9. The number of carbonyl (C=O) groups excluding carboxylic acids is 1. The van der Waals surface area contributed by atoms with Gasteiger partial charge in [0.2, 0.25) is 5.95 Å². The van der Waals surface area contributed by atoms with Crippen molar-refractivity contribution in [3.63, 3.8) is 0 Å². The number of nitrogens with zero attached hydrogens (tertiary/aromatic N) is 3. The zero-order valence-corrected chi connectivity index (χ0v) is 15.6. The number of hydrogen-bond acceptors (Lipinski definition) is 5. The monoisotopic (exact) mass is 414 g/mol. The summed E-state index contributed by atoms with van der Waals surface area (Å²) >= 11 is 5.58. The van der Waals surface area contributed by atoms with Gasteiger partial charge in [-0.25, -0.2) is 9.78 Å². The molecule has 150 valence electrons. The van der Waals surface area contributed by atoms with Crippen molar-refractivity contribution in [3.05, 3.63) is 41.0 Å². The van der Waals surface area contributed by atoms with Crippen LogP contribution in [0, 0.1) is 0 Å². The van der Waals surface area contributed by atoms with E-state index in [0.29, 0.717) is 25.5 Å². The molecule has 1 aliphatic rings. The molecule has 3 N–H and O–H groups in total. The van der Waals surface area contributed by atoms with Gasteiger partial charge in [-0.3, -0.25) is 0 Å². The zero-order chi connectivity index (χ0) is 20.3. The third-order valence-corrected chi connectivity index (χ3v) is 4.57. The second-order valence-corrected chi connectivity index (χ2v) is 6.62. The number of aromatic nitrogens is 2. The Hall–Kier alpha value is -2.75. The molecule has 2 aromatic rings. The quantitative estimate of drug-likeness (QED) is 0.712. The number of amides is 2. The van der Waals surface area contributed by atoms with E-state index in [2.05, 4.69) is 25.9 Å². The molecule has 1 aliphatic heterocycles. The van der Waals surface area contributed by atoms with Crippen molar-refractivity contribution in [2.45, 2.75) is 18.6 Å². The summed E-state index contributed by atoms with van der Waals surface area (Å²) < 4.78 is 38.8. The van der Waals surface area contributed by atoms with Gasteiger partial charge in [-0.05, 0) is 30.7 Å². The second kappa shape index (κ2) is 8.09. The summed E-state index contributed by atoms with van der Waals surface area (Å²) in [4.78, 5) is 22.6. The summed E-state index contributed by atoms with van der Waals surface area (Å²) in [6, 6.07) is 4.26. The minimum atomic E-state index is -4.60. The molecule has 28 heavy (non-hydrogen) atoms. The Bertz CT molecular complexity index is 863. The van der Waals surface area contributed by atoms with Crippen LogP contribution in [0.15, 0.2) is 30.5 Å². The largest absolute Gasteiger partial charge is 0.417 e. The molecule has 0 spiro atoms. The number of anilines is 3. The lowest BCUT2D eigenvalue weighted by Gasteiger charge is -2.18. The lowest BCUT2D eigenvalue weighted by molar-refractivity contribution is -0.137. The average Bonchev–Trinajstić information content (AvgIpc) is 3.11. The van der Waals surface area contributed by atoms with Gasteiger partial charge < -0.3 is 20.9 Å². The van der Waals surface area contributed by atoms with E-state index in [-0.39, 0.29) is 11.7 Å². The van der Waals surface area contributed by atoms with Gasteiger partial charge in [0.1, 0.15) is 5.82 Å². The first-order valence-electron chi connectivity index (χ1n) is 8.46.